The molecule has 28 heavy (non-hydrogen) atoms. The summed E-state index contributed by atoms with van der Waals surface area (Å²) in [5, 5.41) is 24.2. The van der Waals surface area contributed by atoms with Crippen molar-refractivity contribution in [3.63, 3.8) is 0 Å². The Morgan fingerprint density at radius 1 is 1.50 bits per heavy atom. The van der Waals surface area contributed by atoms with Crippen LogP contribution in [0.15, 0.2) is 24.4 Å². The molecular formula is C16H16FN7O3S. The number of aryl methyl sites for hydroxylation is 1. The van der Waals surface area contributed by atoms with Crippen LogP contribution >= 0.6 is 11.3 Å². The average Bonchev–Trinajstić information content (AvgIpc) is 3.41. The van der Waals surface area contributed by atoms with Crippen molar-refractivity contribution in [1.82, 2.24) is 25.2 Å². The molecule has 1 aromatic carbocycles. The molecule has 0 aliphatic carbocycles. The summed E-state index contributed by atoms with van der Waals surface area (Å²) in [5.41, 5.74) is 0.879. The van der Waals surface area contributed by atoms with Crippen molar-refractivity contribution in [2.75, 3.05) is 23.4 Å². The zero-order valence-electron chi connectivity index (χ0n) is 14.7. The molecule has 0 bridgehead atoms. The van der Waals surface area contributed by atoms with Crippen LogP contribution < -0.4 is 10.2 Å². The highest BCUT2D eigenvalue weighted by molar-refractivity contribution is 7.18. The fraction of sp³-hybridized carbons (Fsp3) is 0.312. The second-order valence-corrected chi connectivity index (χ2v) is 7.07. The predicted molar refractivity (Wildman–Crippen MR) is 98.7 cm³/mol. The number of thiazole rings is 1. The third kappa shape index (κ3) is 3.56. The molecule has 12 heteroatoms. The lowest BCUT2D eigenvalue weighted by Gasteiger charge is -2.21. The highest BCUT2D eigenvalue weighted by atomic mass is 32.1. The van der Waals surface area contributed by atoms with Crippen molar-refractivity contribution in [3.05, 3.63) is 30.2 Å². The van der Waals surface area contributed by atoms with E-state index in [2.05, 4.69) is 25.7 Å². The first-order valence-electron chi connectivity index (χ1n) is 8.32. The van der Waals surface area contributed by atoms with Gasteiger partial charge in [-0.1, -0.05) is 16.4 Å². The molecular weight excluding hydrogens is 389 g/mol. The molecule has 1 unspecified atom stereocenters. The van der Waals surface area contributed by atoms with E-state index in [1.807, 2.05) is 0 Å². The smallest absolute Gasteiger partial charge is 0.269 e. The predicted octanol–water partition coefficient (Wildman–Crippen LogP) is 0.939. The largest absolute Gasteiger partial charge is 0.394 e. The number of carbonyl (C=O) groups excluding carboxylic acids is 1. The lowest BCUT2D eigenvalue weighted by atomic mass is 10.1. The van der Waals surface area contributed by atoms with Gasteiger partial charge in [0.25, 0.3) is 5.95 Å². The maximum atomic E-state index is 14.8. The summed E-state index contributed by atoms with van der Waals surface area (Å²) in [5.74, 6) is -0.158. The molecule has 2 N–H and O–H groups in total. The first-order chi connectivity index (χ1) is 13.6. The monoisotopic (exact) mass is 405 g/mol. The average molecular weight is 405 g/mol. The molecule has 2 aromatic heterocycles. The highest BCUT2D eigenvalue weighted by Gasteiger charge is 2.32. The summed E-state index contributed by atoms with van der Waals surface area (Å²) in [4.78, 5) is 19.0. The van der Waals surface area contributed by atoms with Crippen molar-refractivity contribution in [2.45, 2.75) is 12.3 Å². The van der Waals surface area contributed by atoms with Gasteiger partial charge in [-0.05, 0) is 23.4 Å². The molecule has 0 radical (unpaired) electrons. The molecule has 146 valence electrons. The number of ether oxygens (including phenoxy) is 1. The van der Waals surface area contributed by atoms with E-state index in [0.717, 1.165) is 0 Å². The quantitative estimate of drug-likeness (QED) is 0.578. The molecule has 2 atom stereocenters. The van der Waals surface area contributed by atoms with E-state index >= 15 is 0 Å². The van der Waals surface area contributed by atoms with Crippen LogP contribution in [0.5, 0.6) is 0 Å². The summed E-state index contributed by atoms with van der Waals surface area (Å²) in [6, 6.07) is 4.66. The van der Waals surface area contributed by atoms with Gasteiger partial charge < -0.3 is 14.7 Å². The standard InChI is InChI=1S/C16H16FN7O3S/c1-23-21-15(20-22-23)19-16-18-5-13(28-16)11-3-2-9(4-12(11)17)24-6-10(7-25)27-14(24)8-26/h2-5,8,10,14,25H,6-7H2,1H3,(H,18,19,21)/t10-,14?/m1/s1. The van der Waals surface area contributed by atoms with Gasteiger partial charge in [-0.2, -0.15) is 4.80 Å². The number of benzene rings is 1. The Hall–Kier alpha value is -2.96. The zero-order valence-corrected chi connectivity index (χ0v) is 15.5. The van der Waals surface area contributed by atoms with Crippen LogP contribution in [0.3, 0.4) is 0 Å². The summed E-state index contributed by atoms with van der Waals surface area (Å²) in [6.45, 7) is 0.0944. The lowest BCUT2D eigenvalue weighted by Crippen LogP contribution is -2.31. The van der Waals surface area contributed by atoms with E-state index in [9.17, 15) is 14.3 Å². The molecule has 1 aliphatic heterocycles. The van der Waals surface area contributed by atoms with E-state index in [1.54, 1.807) is 30.3 Å². The van der Waals surface area contributed by atoms with Crippen LogP contribution in [-0.2, 0) is 16.6 Å². The van der Waals surface area contributed by atoms with Crippen molar-refractivity contribution < 1.29 is 19.0 Å². The summed E-state index contributed by atoms with van der Waals surface area (Å²) in [6.07, 6.45) is 0.850. The highest BCUT2D eigenvalue weighted by Crippen LogP contribution is 2.34. The van der Waals surface area contributed by atoms with Crippen LogP contribution in [0.25, 0.3) is 10.4 Å². The van der Waals surface area contributed by atoms with E-state index in [-0.39, 0.29) is 6.61 Å². The van der Waals surface area contributed by atoms with Crippen LogP contribution in [0, 0.1) is 5.82 Å². The Morgan fingerprint density at radius 2 is 2.36 bits per heavy atom. The van der Waals surface area contributed by atoms with Crippen molar-refractivity contribution >= 4 is 34.4 Å². The second-order valence-electron chi connectivity index (χ2n) is 6.04. The number of aliphatic hydroxyl groups excluding tert-OH is 1. The first kappa shape index (κ1) is 18.4. The second kappa shape index (κ2) is 7.58. The number of nitrogens with zero attached hydrogens (tertiary/aromatic N) is 6. The molecule has 1 aliphatic rings. The van der Waals surface area contributed by atoms with Crippen molar-refractivity contribution in [3.8, 4) is 10.4 Å². The summed E-state index contributed by atoms with van der Waals surface area (Å²) in [7, 11) is 1.64. The number of nitrogens with one attached hydrogen (secondary N) is 1. The molecule has 1 fully saturated rings. The molecule has 3 aromatic rings. The molecule has 3 heterocycles. The third-order valence-corrected chi connectivity index (χ3v) is 5.09. The van der Waals surface area contributed by atoms with Gasteiger partial charge in [0.05, 0.1) is 18.5 Å². The maximum Gasteiger partial charge on any atom is 0.269 e. The van der Waals surface area contributed by atoms with E-state index in [1.165, 1.54) is 22.2 Å². The number of rotatable bonds is 6. The molecule has 0 amide bonds. The summed E-state index contributed by atoms with van der Waals surface area (Å²) < 4.78 is 20.1. The van der Waals surface area contributed by atoms with Crippen LogP contribution in [0.1, 0.15) is 0 Å². The molecule has 0 saturated carbocycles. The van der Waals surface area contributed by atoms with Gasteiger partial charge in [0.1, 0.15) is 11.9 Å². The number of hydrogen-bond donors (Lipinski definition) is 2. The number of aromatic nitrogens is 5. The van der Waals surface area contributed by atoms with Gasteiger partial charge in [0.2, 0.25) is 0 Å². The van der Waals surface area contributed by atoms with Crippen molar-refractivity contribution in [1.29, 1.82) is 0 Å². The number of aldehydes is 1. The van der Waals surface area contributed by atoms with Gasteiger partial charge in [0.15, 0.2) is 17.6 Å². The Labute approximate surface area is 162 Å². The third-order valence-electron chi connectivity index (χ3n) is 4.14. The number of carbonyl (C=O) groups is 1. The maximum absolute atomic E-state index is 14.8. The SMILES string of the molecule is Cn1nnc(Nc2ncc(-c3ccc(N4C[C@H](CO)OC4C=O)cc3F)s2)n1. The molecule has 10 nitrogen and oxygen atoms in total. The number of hydrogen-bond acceptors (Lipinski definition) is 10. The first-order valence-corrected chi connectivity index (χ1v) is 9.14. The fourth-order valence-electron chi connectivity index (χ4n) is 2.86. The van der Waals surface area contributed by atoms with E-state index < -0.39 is 18.1 Å². The normalized spacial score (nSPS) is 19.2. The minimum absolute atomic E-state index is 0.210. The van der Waals surface area contributed by atoms with Gasteiger partial charge in [0, 0.05) is 24.0 Å². The molecule has 4 rings (SSSR count). The van der Waals surface area contributed by atoms with Crippen LogP contribution in [-0.4, -0.2) is 62.1 Å². The Kier molecular flexibility index (Phi) is 4.98. The Morgan fingerprint density at radius 3 is 3.04 bits per heavy atom. The van der Waals surface area contributed by atoms with Crippen LogP contribution in [0.2, 0.25) is 0 Å². The number of anilines is 3. The number of tetrazole rings is 1. The minimum atomic E-state index is -0.846. The Bertz CT molecular complexity index is 994. The van der Waals surface area contributed by atoms with Gasteiger partial charge in [-0.3, -0.25) is 10.1 Å². The topological polar surface area (TPSA) is 118 Å². The van der Waals surface area contributed by atoms with Crippen molar-refractivity contribution in [2.24, 2.45) is 7.05 Å². The van der Waals surface area contributed by atoms with Gasteiger partial charge in [-0.15, -0.1) is 5.10 Å². The summed E-state index contributed by atoms with van der Waals surface area (Å²) >= 11 is 1.24. The Balaban J connectivity index is 1.54. The zero-order chi connectivity index (χ0) is 19.7. The minimum Gasteiger partial charge on any atom is -0.394 e. The number of halogens is 1. The van der Waals surface area contributed by atoms with E-state index in [4.69, 9.17) is 4.74 Å². The van der Waals surface area contributed by atoms with Gasteiger partial charge >= 0.3 is 0 Å². The van der Waals surface area contributed by atoms with Gasteiger partial charge in [-0.25, -0.2) is 9.37 Å². The van der Waals surface area contributed by atoms with E-state index in [0.29, 0.717) is 40.0 Å². The van der Waals surface area contributed by atoms with Crippen LogP contribution in [0.4, 0.5) is 21.2 Å². The number of aliphatic hydroxyl groups is 1. The molecule has 0 spiro atoms. The fourth-order valence-corrected chi connectivity index (χ4v) is 3.70. The lowest BCUT2D eigenvalue weighted by molar-refractivity contribution is -0.117. The molecule has 1 saturated heterocycles.